The van der Waals surface area contributed by atoms with Crippen LogP contribution in [-0.4, -0.2) is 27.2 Å². The van der Waals surface area contributed by atoms with Gasteiger partial charge >= 0.3 is 6.18 Å². The van der Waals surface area contributed by atoms with Gasteiger partial charge in [-0.2, -0.15) is 18.3 Å². The number of carbonyl (C=O) groups excluding carboxylic acids is 1. The smallest absolute Gasteiger partial charge is 0.370 e. The van der Waals surface area contributed by atoms with Gasteiger partial charge in [-0.15, -0.1) is 0 Å². The molecule has 2 N–H and O–H groups in total. The lowest BCUT2D eigenvalue weighted by Gasteiger charge is -2.21. The maximum atomic E-state index is 13.4. The molecule has 4 rings (SSSR count). The van der Waals surface area contributed by atoms with Crippen molar-refractivity contribution in [2.75, 3.05) is 11.9 Å². The normalized spacial score (nSPS) is 12.2. The molecule has 2 aromatic carbocycles. The predicted octanol–water partition coefficient (Wildman–Crippen LogP) is 7.39. The first-order valence-electron chi connectivity index (χ1n) is 12.7. The highest BCUT2D eigenvalue weighted by molar-refractivity contribution is 6.30. The minimum absolute atomic E-state index is 0.349. The Labute approximate surface area is 230 Å². The number of halogens is 4. The molecule has 1 atom stereocenters. The summed E-state index contributed by atoms with van der Waals surface area (Å²) in [4.78, 5) is 17.5. The molecule has 10 heteroatoms. The average Bonchev–Trinajstić information content (AvgIpc) is 3.31. The lowest BCUT2D eigenvalue weighted by Crippen LogP contribution is -2.29. The third-order valence-electron chi connectivity index (χ3n) is 6.39. The van der Waals surface area contributed by atoms with Gasteiger partial charge in [0.05, 0.1) is 34.7 Å². The molecule has 0 radical (unpaired) electrons. The van der Waals surface area contributed by atoms with Gasteiger partial charge in [-0.3, -0.25) is 4.79 Å². The Morgan fingerprint density at radius 2 is 1.82 bits per heavy atom. The number of carbonyl (C=O) groups is 1. The fourth-order valence-electron chi connectivity index (χ4n) is 4.30. The van der Waals surface area contributed by atoms with E-state index in [1.54, 1.807) is 48.1 Å². The molecule has 0 fully saturated rings. The molecule has 204 valence electrons. The molecule has 0 bridgehead atoms. The summed E-state index contributed by atoms with van der Waals surface area (Å²) in [5.74, 6) is 0.396. The number of nitrogens with one attached hydrogen (secondary N) is 2. The van der Waals surface area contributed by atoms with E-state index in [9.17, 15) is 18.0 Å². The predicted molar refractivity (Wildman–Crippen MR) is 146 cm³/mol. The number of nitrogens with zero attached hydrogens (tertiary/aromatic N) is 3. The van der Waals surface area contributed by atoms with Crippen molar-refractivity contribution in [2.45, 2.75) is 44.8 Å². The zero-order valence-electron chi connectivity index (χ0n) is 21.4. The molecule has 0 saturated carbocycles. The van der Waals surface area contributed by atoms with Crippen LogP contribution in [0.3, 0.4) is 0 Å². The summed E-state index contributed by atoms with van der Waals surface area (Å²) < 4.78 is 41.9. The number of anilines is 1. The van der Waals surface area contributed by atoms with Crippen molar-refractivity contribution in [3.8, 4) is 5.69 Å². The van der Waals surface area contributed by atoms with Gasteiger partial charge in [-0.05, 0) is 73.9 Å². The summed E-state index contributed by atoms with van der Waals surface area (Å²) in [6.07, 6.45) is 1.59. The van der Waals surface area contributed by atoms with E-state index >= 15 is 0 Å². The van der Waals surface area contributed by atoms with Crippen LogP contribution in [0.4, 0.5) is 19.0 Å². The summed E-state index contributed by atoms with van der Waals surface area (Å²) in [7, 11) is 0. The number of amides is 1. The highest BCUT2D eigenvalue weighted by atomic mass is 35.5. The first kappa shape index (κ1) is 28.2. The van der Waals surface area contributed by atoms with E-state index in [-0.39, 0.29) is 0 Å². The Kier molecular flexibility index (Phi) is 9.24. The molecular weight excluding hydrogens is 527 g/mol. The lowest BCUT2D eigenvalue weighted by molar-refractivity contribution is -0.137. The van der Waals surface area contributed by atoms with Gasteiger partial charge in [0.2, 0.25) is 0 Å². The van der Waals surface area contributed by atoms with Gasteiger partial charge in [0.1, 0.15) is 5.82 Å². The van der Waals surface area contributed by atoms with E-state index in [2.05, 4.69) is 20.7 Å². The molecule has 0 aliphatic heterocycles. The second-order valence-corrected chi connectivity index (χ2v) is 9.61. The van der Waals surface area contributed by atoms with E-state index < -0.39 is 23.7 Å². The molecule has 1 unspecified atom stereocenters. The van der Waals surface area contributed by atoms with Crippen LogP contribution in [0.2, 0.25) is 5.02 Å². The van der Waals surface area contributed by atoms with E-state index in [0.29, 0.717) is 34.7 Å². The summed E-state index contributed by atoms with van der Waals surface area (Å²) in [6, 6.07) is 17.2. The average molecular weight is 556 g/mol. The minimum Gasteiger partial charge on any atom is -0.370 e. The Hall–Kier alpha value is -3.85. The Bertz CT molecular complexity index is 1370. The van der Waals surface area contributed by atoms with E-state index in [1.165, 1.54) is 12.3 Å². The van der Waals surface area contributed by atoms with Crippen molar-refractivity contribution >= 4 is 23.3 Å². The van der Waals surface area contributed by atoms with Crippen LogP contribution in [0.1, 0.15) is 58.9 Å². The summed E-state index contributed by atoms with van der Waals surface area (Å²) >= 11 is 5.98. The molecule has 0 saturated heterocycles. The number of aromatic nitrogens is 3. The van der Waals surface area contributed by atoms with Crippen molar-refractivity contribution in [3.63, 3.8) is 0 Å². The molecule has 2 aromatic heterocycles. The monoisotopic (exact) mass is 555 g/mol. The number of alkyl halides is 3. The van der Waals surface area contributed by atoms with Crippen molar-refractivity contribution in [2.24, 2.45) is 0 Å². The molecule has 39 heavy (non-hydrogen) atoms. The molecular formula is C29H29ClF3N5O. The Morgan fingerprint density at radius 1 is 1.03 bits per heavy atom. The third kappa shape index (κ3) is 7.60. The summed E-state index contributed by atoms with van der Waals surface area (Å²) in [6.45, 7) is 2.49. The highest BCUT2D eigenvalue weighted by Crippen LogP contribution is 2.32. The minimum atomic E-state index is -4.47. The highest BCUT2D eigenvalue weighted by Gasteiger charge is 2.31. The number of hydrogen-bond acceptors (Lipinski definition) is 4. The second kappa shape index (κ2) is 12.8. The molecule has 0 aliphatic rings. The third-order valence-corrected chi connectivity index (χ3v) is 6.64. The van der Waals surface area contributed by atoms with Crippen LogP contribution in [0.5, 0.6) is 0 Å². The molecule has 4 aromatic rings. The Balaban J connectivity index is 1.45. The maximum absolute atomic E-state index is 13.4. The van der Waals surface area contributed by atoms with Crippen molar-refractivity contribution < 1.29 is 18.0 Å². The van der Waals surface area contributed by atoms with Gasteiger partial charge in [0.25, 0.3) is 5.91 Å². The van der Waals surface area contributed by atoms with Crippen LogP contribution in [0, 0.1) is 6.92 Å². The topological polar surface area (TPSA) is 71.8 Å². The molecule has 0 spiro atoms. The fraction of sp³-hybridized carbons (Fsp3) is 0.276. The van der Waals surface area contributed by atoms with E-state index in [4.69, 9.17) is 11.6 Å². The van der Waals surface area contributed by atoms with Gasteiger partial charge in [0.15, 0.2) is 0 Å². The second-order valence-electron chi connectivity index (χ2n) is 9.17. The van der Waals surface area contributed by atoms with Crippen molar-refractivity contribution in [1.82, 2.24) is 20.1 Å². The van der Waals surface area contributed by atoms with Gasteiger partial charge in [-0.25, -0.2) is 9.67 Å². The van der Waals surface area contributed by atoms with Crippen LogP contribution in [-0.2, 0) is 6.18 Å². The summed E-state index contributed by atoms with van der Waals surface area (Å²) in [5, 5.41) is 11.1. The van der Waals surface area contributed by atoms with Gasteiger partial charge in [0, 0.05) is 17.8 Å². The van der Waals surface area contributed by atoms with Gasteiger partial charge < -0.3 is 10.6 Å². The zero-order chi connectivity index (χ0) is 27.8. The van der Waals surface area contributed by atoms with Crippen LogP contribution in [0.25, 0.3) is 5.69 Å². The number of rotatable bonds is 11. The molecule has 0 aliphatic carbocycles. The standard InChI is InChI=1S/C29H29ClF3N5O/c1-20-25(19-36-38(20)24-14-12-23(30)13-15-24)28(39)37-26(21-8-7-9-22(18-21)29(31,32)33)10-3-2-5-16-34-27-11-4-6-17-35-27/h4,6-9,11-15,17-19,26H,2-3,5,10,16H2,1H3,(H,34,35)(H,37,39). The Morgan fingerprint density at radius 3 is 2.54 bits per heavy atom. The maximum Gasteiger partial charge on any atom is 0.416 e. The van der Waals surface area contributed by atoms with Crippen LogP contribution in [0.15, 0.2) is 79.1 Å². The number of unbranched alkanes of at least 4 members (excludes halogenated alkanes) is 2. The molecule has 6 nitrogen and oxygen atoms in total. The number of pyridine rings is 1. The quantitative estimate of drug-likeness (QED) is 0.189. The number of hydrogen-bond donors (Lipinski definition) is 2. The van der Waals surface area contributed by atoms with E-state index in [0.717, 1.165) is 43.0 Å². The van der Waals surface area contributed by atoms with E-state index in [1.807, 2.05) is 18.2 Å². The fourth-order valence-corrected chi connectivity index (χ4v) is 4.43. The summed E-state index contributed by atoms with van der Waals surface area (Å²) in [5.41, 5.74) is 1.36. The first-order valence-corrected chi connectivity index (χ1v) is 13.0. The molecule has 1 amide bonds. The van der Waals surface area contributed by atoms with Crippen molar-refractivity contribution in [1.29, 1.82) is 0 Å². The first-order chi connectivity index (χ1) is 18.7. The SMILES string of the molecule is Cc1c(C(=O)NC(CCCCCNc2ccccn2)c2cccc(C(F)(F)F)c2)cnn1-c1ccc(Cl)cc1. The van der Waals surface area contributed by atoms with Crippen LogP contribution >= 0.6 is 11.6 Å². The van der Waals surface area contributed by atoms with Gasteiger partial charge in [-0.1, -0.05) is 42.6 Å². The lowest BCUT2D eigenvalue weighted by atomic mass is 9.98. The zero-order valence-corrected chi connectivity index (χ0v) is 22.1. The van der Waals surface area contributed by atoms with Crippen LogP contribution < -0.4 is 10.6 Å². The number of benzene rings is 2. The van der Waals surface area contributed by atoms with Crippen molar-refractivity contribution in [3.05, 3.63) is 107 Å². The largest absolute Gasteiger partial charge is 0.416 e. The molecule has 2 heterocycles.